The van der Waals surface area contributed by atoms with Gasteiger partial charge in [-0.15, -0.1) is 6.58 Å². The summed E-state index contributed by atoms with van der Waals surface area (Å²) in [5, 5.41) is 10.5. The molecule has 4 nitrogen and oxygen atoms in total. The Kier molecular flexibility index (Phi) is 4.71. The second-order valence-electron chi connectivity index (χ2n) is 6.38. The summed E-state index contributed by atoms with van der Waals surface area (Å²) in [5.41, 5.74) is 1.35. The number of aliphatic hydroxyl groups is 1. The van der Waals surface area contributed by atoms with Crippen molar-refractivity contribution in [2.45, 2.75) is 39.7 Å². The molecule has 4 atom stereocenters. The quantitative estimate of drug-likeness (QED) is 0.640. The molecule has 2 aliphatic carbocycles. The second kappa shape index (κ2) is 6.21. The van der Waals surface area contributed by atoms with E-state index < -0.39 is 6.10 Å². The summed E-state index contributed by atoms with van der Waals surface area (Å²) in [6.45, 7) is 9.22. The molecule has 0 radical (unpaired) electrons. The minimum Gasteiger partial charge on any atom is -0.492 e. The maximum absolute atomic E-state index is 12.8. The van der Waals surface area contributed by atoms with Crippen molar-refractivity contribution in [3.63, 3.8) is 0 Å². The highest BCUT2D eigenvalue weighted by molar-refractivity contribution is 6.24. The van der Waals surface area contributed by atoms with Gasteiger partial charge < -0.3 is 9.84 Å². The van der Waals surface area contributed by atoms with E-state index in [1.165, 1.54) is 7.11 Å². The van der Waals surface area contributed by atoms with Crippen LogP contribution in [0.5, 0.6) is 0 Å². The lowest BCUT2D eigenvalue weighted by molar-refractivity contribution is -0.121. The van der Waals surface area contributed by atoms with Crippen LogP contribution in [0, 0.1) is 17.8 Å². The van der Waals surface area contributed by atoms with Crippen LogP contribution in [0.2, 0.25) is 0 Å². The Hall–Kier alpha value is -1.68. The first-order valence-electron chi connectivity index (χ1n) is 7.72. The van der Waals surface area contributed by atoms with Crippen molar-refractivity contribution >= 4 is 11.6 Å². The highest BCUT2D eigenvalue weighted by Gasteiger charge is 2.46. The Balaban J connectivity index is 2.59. The van der Waals surface area contributed by atoms with Gasteiger partial charge in [-0.2, -0.15) is 0 Å². The predicted molar refractivity (Wildman–Crippen MR) is 84.0 cm³/mol. The molecule has 1 N–H and O–H groups in total. The van der Waals surface area contributed by atoms with Gasteiger partial charge in [-0.3, -0.25) is 9.59 Å². The Morgan fingerprint density at radius 1 is 1.36 bits per heavy atom. The summed E-state index contributed by atoms with van der Waals surface area (Å²) >= 11 is 0. The average Bonchev–Trinajstić information content (AvgIpc) is 2.44. The number of Topliss-reactive ketones (excluding diaryl/α,β-unsaturated/α-hetero) is 2. The lowest BCUT2D eigenvalue weighted by atomic mass is 9.65. The highest BCUT2D eigenvalue weighted by atomic mass is 16.5. The lowest BCUT2D eigenvalue weighted by Gasteiger charge is -2.40. The number of allylic oxidation sites excluding steroid dienone is 3. The Morgan fingerprint density at radius 2 is 2.00 bits per heavy atom. The molecule has 0 aromatic rings. The van der Waals surface area contributed by atoms with Crippen LogP contribution in [0.4, 0.5) is 0 Å². The number of ketones is 2. The number of methoxy groups -OCH3 is 1. The third-order valence-corrected chi connectivity index (χ3v) is 4.86. The summed E-state index contributed by atoms with van der Waals surface area (Å²) in [5.74, 6) is -0.649. The molecular formula is C18H24O4. The first-order chi connectivity index (χ1) is 10.3. The monoisotopic (exact) mass is 304 g/mol. The molecule has 0 spiro atoms. The van der Waals surface area contributed by atoms with E-state index in [2.05, 4.69) is 6.58 Å². The van der Waals surface area contributed by atoms with Gasteiger partial charge in [-0.25, -0.2) is 0 Å². The van der Waals surface area contributed by atoms with E-state index >= 15 is 0 Å². The van der Waals surface area contributed by atoms with E-state index in [1.54, 1.807) is 13.0 Å². The molecule has 0 aliphatic heterocycles. The number of carbonyl (C=O) groups excluding carboxylic acids is 2. The number of hydrogen-bond acceptors (Lipinski definition) is 4. The number of hydrogen-bond donors (Lipinski definition) is 1. The van der Waals surface area contributed by atoms with Gasteiger partial charge in [0.25, 0.3) is 0 Å². The summed E-state index contributed by atoms with van der Waals surface area (Å²) in [7, 11) is 1.41. The van der Waals surface area contributed by atoms with Gasteiger partial charge in [0.15, 0.2) is 11.5 Å². The van der Waals surface area contributed by atoms with E-state index in [9.17, 15) is 14.7 Å². The van der Waals surface area contributed by atoms with Gasteiger partial charge >= 0.3 is 0 Å². The molecule has 0 amide bonds. The van der Waals surface area contributed by atoms with E-state index in [0.717, 1.165) is 0 Å². The molecule has 0 aromatic carbocycles. The summed E-state index contributed by atoms with van der Waals surface area (Å²) in [4.78, 5) is 25.5. The fourth-order valence-corrected chi connectivity index (χ4v) is 3.80. The van der Waals surface area contributed by atoms with Gasteiger partial charge in [-0.05, 0) is 31.6 Å². The molecule has 0 aromatic heterocycles. The molecule has 4 heteroatoms. The van der Waals surface area contributed by atoms with Crippen LogP contribution in [-0.2, 0) is 14.3 Å². The van der Waals surface area contributed by atoms with Gasteiger partial charge in [0, 0.05) is 22.6 Å². The van der Waals surface area contributed by atoms with E-state index in [4.69, 9.17) is 4.74 Å². The third kappa shape index (κ3) is 2.45. The normalized spacial score (nSPS) is 30.3. The molecule has 120 valence electrons. The fourth-order valence-electron chi connectivity index (χ4n) is 3.80. The van der Waals surface area contributed by atoms with Crippen molar-refractivity contribution in [2.24, 2.45) is 17.8 Å². The minimum absolute atomic E-state index is 0.0543. The summed E-state index contributed by atoms with van der Waals surface area (Å²) < 4.78 is 5.15. The first kappa shape index (κ1) is 16.7. The SMILES string of the molecule is C=CC[C@H](C)[C@@H]1C2=C(C(=O)C(OC)=C(C)C2=O)[C@@H](C)C[C@@H]1O. The molecule has 0 saturated heterocycles. The van der Waals surface area contributed by atoms with Crippen LogP contribution in [0.1, 0.15) is 33.6 Å². The van der Waals surface area contributed by atoms with Crippen molar-refractivity contribution in [2.75, 3.05) is 7.11 Å². The molecule has 2 aliphatic rings. The van der Waals surface area contributed by atoms with Crippen LogP contribution in [0.3, 0.4) is 0 Å². The molecule has 2 rings (SSSR count). The first-order valence-corrected chi connectivity index (χ1v) is 7.72. The van der Waals surface area contributed by atoms with Gasteiger partial charge in [-0.1, -0.05) is 19.9 Å². The van der Waals surface area contributed by atoms with Crippen molar-refractivity contribution < 1.29 is 19.4 Å². The predicted octanol–water partition coefficient (Wildman–Crippen LogP) is 2.58. The molecule has 0 saturated carbocycles. The van der Waals surface area contributed by atoms with Crippen molar-refractivity contribution in [1.82, 2.24) is 0 Å². The van der Waals surface area contributed by atoms with E-state index in [-0.39, 0.29) is 35.1 Å². The molecule has 0 bridgehead atoms. The van der Waals surface area contributed by atoms with Gasteiger partial charge in [0.2, 0.25) is 5.78 Å². The van der Waals surface area contributed by atoms with Crippen LogP contribution in [0.15, 0.2) is 35.1 Å². The van der Waals surface area contributed by atoms with Crippen LogP contribution in [-0.4, -0.2) is 29.9 Å². The molecule has 0 heterocycles. The summed E-state index contributed by atoms with van der Waals surface area (Å²) in [6.07, 6.45) is 2.35. The average molecular weight is 304 g/mol. The zero-order valence-electron chi connectivity index (χ0n) is 13.7. The molecule has 22 heavy (non-hydrogen) atoms. The van der Waals surface area contributed by atoms with Crippen LogP contribution in [0.25, 0.3) is 0 Å². The fraction of sp³-hybridized carbons (Fsp3) is 0.556. The van der Waals surface area contributed by atoms with Crippen molar-refractivity contribution in [1.29, 1.82) is 0 Å². The zero-order valence-corrected chi connectivity index (χ0v) is 13.7. The summed E-state index contributed by atoms with van der Waals surface area (Å²) in [6, 6.07) is 0. The Bertz CT molecular complexity index is 582. The number of rotatable bonds is 4. The number of aliphatic hydroxyl groups excluding tert-OH is 1. The minimum atomic E-state index is -0.614. The highest BCUT2D eigenvalue weighted by Crippen LogP contribution is 2.44. The Labute approximate surface area is 131 Å². The zero-order chi connectivity index (χ0) is 16.6. The molecule has 0 unspecified atom stereocenters. The molecule has 0 fully saturated rings. The number of carbonyl (C=O) groups is 2. The van der Waals surface area contributed by atoms with E-state index in [0.29, 0.717) is 29.6 Å². The maximum atomic E-state index is 12.8. The Morgan fingerprint density at radius 3 is 2.55 bits per heavy atom. The van der Waals surface area contributed by atoms with E-state index in [1.807, 2.05) is 13.8 Å². The standard InChI is InChI=1S/C18H24O4/c1-6-7-9(2)13-12(19)8-10(3)14-15(13)16(20)11(4)18(22-5)17(14)21/h6,9-10,12-13,19H,1,7-8H2,2-5H3/t9-,10-,12-,13-/m0/s1. The molecular weight excluding hydrogens is 280 g/mol. The largest absolute Gasteiger partial charge is 0.492 e. The number of ether oxygens (including phenoxy) is 1. The van der Waals surface area contributed by atoms with Crippen LogP contribution >= 0.6 is 0 Å². The van der Waals surface area contributed by atoms with Crippen LogP contribution < -0.4 is 0 Å². The van der Waals surface area contributed by atoms with Crippen molar-refractivity contribution in [3.05, 3.63) is 35.1 Å². The topological polar surface area (TPSA) is 63.6 Å². The smallest absolute Gasteiger partial charge is 0.224 e. The lowest BCUT2D eigenvalue weighted by Crippen LogP contribution is -2.42. The van der Waals surface area contributed by atoms with Gasteiger partial charge in [0.1, 0.15) is 0 Å². The van der Waals surface area contributed by atoms with Gasteiger partial charge in [0.05, 0.1) is 13.2 Å². The maximum Gasteiger partial charge on any atom is 0.224 e. The second-order valence-corrected chi connectivity index (χ2v) is 6.38. The third-order valence-electron chi connectivity index (χ3n) is 4.86. The van der Waals surface area contributed by atoms with Crippen molar-refractivity contribution in [3.8, 4) is 0 Å².